The Morgan fingerprint density at radius 2 is 0.682 bits per heavy atom. The van der Waals surface area contributed by atoms with Crippen molar-refractivity contribution in [3.8, 4) is 50.6 Å². The normalized spacial score (nSPS) is 13.9. The van der Waals surface area contributed by atoms with Gasteiger partial charge in [0.15, 0.2) is 0 Å². The van der Waals surface area contributed by atoms with E-state index in [1.165, 1.54) is 22.3 Å². The Morgan fingerprint density at radius 3 is 1.03 bits per heavy atom. The maximum Gasteiger partial charge on any atom is 0.213 e. The SMILES string of the molecule is [C-]#[N+]c1c(C#N)c(-c2ccccc2)c(-c2ccc(N3c4ccccc4C(C)(C)c4ccccc43)cc2)c(-c2ccc(N3c4ccccc4C(C)(C)c4ccccc43)cc2)c1-c1ccccc1. The van der Waals surface area contributed by atoms with Crippen molar-refractivity contribution in [2.24, 2.45) is 0 Å². The third-order valence-electron chi connectivity index (χ3n) is 13.9. The molecule has 0 radical (unpaired) electrons. The van der Waals surface area contributed by atoms with Gasteiger partial charge < -0.3 is 9.80 Å². The molecule has 0 amide bonds. The van der Waals surface area contributed by atoms with Gasteiger partial charge in [0.25, 0.3) is 0 Å². The minimum Gasteiger partial charge on any atom is -0.310 e. The van der Waals surface area contributed by atoms with Gasteiger partial charge >= 0.3 is 0 Å². The number of hydrogen-bond donors (Lipinski definition) is 0. The van der Waals surface area contributed by atoms with Gasteiger partial charge in [0.2, 0.25) is 5.69 Å². The van der Waals surface area contributed by atoms with E-state index in [1.807, 2.05) is 60.7 Å². The molecule has 66 heavy (non-hydrogen) atoms. The maximum atomic E-state index is 11.2. The molecule has 0 spiro atoms. The molecule has 2 heterocycles. The first kappa shape index (κ1) is 40.3. The molecule has 11 rings (SSSR count). The summed E-state index contributed by atoms with van der Waals surface area (Å²) in [5, 5.41) is 11.2. The zero-order valence-corrected chi connectivity index (χ0v) is 37.4. The summed E-state index contributed by atoms with van der Waals surface area (Å²) in [6, 6.07) is 75.1. The van der Waals surface area contributed by atoms with Crippen molar-refractivity contribution in [1.29, 1.82) is 5.26 Å². The van der Waals surface area contributed by atoms with Gasteiger partial charge in [-0.05, 0) is 115 Å². The molecule has 0 N–H and O–H groups in total. The van der Waals surface area contributed by atoms with E-state index in [0.717, 1.165) is 78.6 Å². The van der Waals surface area contributed by atoms with Crippen LogP contribution in [0.4, 0.5) is 39.8 Å². The van der Waals surface area contributed by atoms with E-state index in [2.05, 4.69) is 194 Å². The highest BCUT2D eigenvalue weighted by Crippen LogP contribution is 2.56. The van der Waals surface area contributed by atoms with E-state index in [-0.39, 0.29) is 10.8 Å². The van der Waals surface area contributed by atoms with Crippen molar-refractivity contribution in [2.75, 3.05) is 9.80 Å². The summed E-state index contributed by atoms with van der Waals surface area (Å²) >= 11 is 0. The predicted molar refractivity (Wildman–Crippen MR) is 273 cm³/mol. The Kier molecular flexibility index (Phi) is 9.58. The quantitative estimate of drug-likeness (QED) is 0.156. The van der Waals surface area contributed by atoms with Crippen molar-refractivity contribution in [2.45, 2.75) is 38.5 Å². The third kappa shape index (κ3) is 6.18. The molecule has 2 aliphatic rings. The number of nitrogens with zero attached hydrogens (tertiary/aromatic N) is 4. The predicted octanol–water partition coefficient (Wildman–Crippen LogP) is 17.0. The molecule has 9 aromatic carbocycles. The second-order valence-electron chi connectivity index (χ2n) is 18.3. The molecule has 9 aromatic rings. The maximum absolute atomic E-state index is 11.2. The Morgan fingerprint density at radius 1 is 0.379 bits per heavy atom. The molecule has 4 heteroatoms. The minimum atomic E-state index is -0.178. The van der Waals surface area contributed by atoms with E-state index in [1.54, 1.807) is 0 Å². The molecule has 0 aromatic heterocycles. The van der Waals surface area contributed by atoms with E-state index in [4.69, 9.17) is 6.57 Å². The van der Waals surface area contributed by atoms with Crippen LogP contribution in [0.25, 0.3) is 49.4 Å². The van der Waals surface area contributed by atoms with Crippen LogP contribution in [-0.2, 0) is 10.8 Å². The molecule has 4 nitrogen and oxygen atoms in total. The van der Waals surface area contributed by atoms with Crippen LogP contribution >= 0.6 is 0 Å². The lowest BCUT2D eigenvalue weighted by Crippen LogP contribution is -2.30. The standard InChI is InChI=1S/C62H46N4/c1-61(2)48-24-12-16-28-52(48)65(53-29-17-13-25-49(53)61)45-36-32-43(33-37-45)57-56(41-20-8-6-9-21-41)47(40-63)60(64-5)59(42-22-10-7-11-23-42)58(57)44-34-38-46(39-35-44)66-54-30-18-14-26-50(54)62(3,4)51-27-15-19-31-55(51)66/h6-39H,1-4H3. The second kappa shape index (κ2) is 15.7. The van der Waals surface area contributed by atoms with Gasteiger partial charge in [0, 0.05) is 22.2 Å². The number of nitriles is 1. The van der Waals surface area contributed by atoms with Crippen molar-refractivity contribution in [3.63, 3.8) is 0 Å². The fourth-order valence-electron chi connectivity index (χ4n) is 10.8. The van der Waals surface area contributed by atoms with Crippen molar-refractivity contribution >= 4 is 39.8 Å². The van der Waals surface area contributed by atoms with E-state index in [9.17, 15) is 5.26 Å². The number of benzene rings is 9. The first-order valence-electron chi connectivity index (χ1n) is 22.5. The second-order valence-corrected chi connectivity index (χ2v) is 18.3. The topological polar surface area (TPSA) is 34.6 Å². The summed E-state index contributed by atoms with van der Waals surface area (Å²) in [4.78, 5) is 8.96. The van der Waals surface area contributed by atoms with Crippen molar-refractivity contribution in [3.05, 3.63) is 245 Å². The Bertz CT molecular complexity index is 3090. The van der Waals surface area contributed by atoms with Crippen molar-refractivity contribution < 1.29 is 0 Å². The summed E-state index contributed by atoms with van der Waals surface area (Å²) in [7, 11) is 0. The third-order valence-corrected chi connectivity index (χ3v) is 13.9. The molecule has 0 aliphatic carbocycles. The molecular weight excluding hydrogens is 801 g/mol. The molecule has 314 valence electrons. The largest absolute Gasteiger partial charge is 0.310 e. The Hall–Kier alpha value is -8.44. The van der Waals surface area contributed by atoms with E-state index < -0.39 is 0 Å². The number of anilines is 6. The van der Waals surface area contributed by atoms with Gasteiger partial charge in [-0.25, -0.2) is 4.85 Å². The summed E-state index contributed by atoms with van der Waals surface area (Å²) in [5.41, 5.74) is 19.0. The molecule has 0 unspecified atom stereocenters. The van der Waals surface area contributed by atoms with Crippen LogP contribution in [0.1, 0.15) is 55.5 Å². The number of fused-ring (bicyclic) bond motifs is 4. The fraction of sp³-hybridized carbons (Fsp3) is 0.0968. The first-order chi connectivity index (χ1) is 32.2. The van der Waals surface area contributed by atoms with Crippen LogP contribution in [0, 0.1) is 17.9 Å². The van der Waals surface area contributed by atoms with Crippen LogP contribution < -0.4 is 9.80 Å². The zero-order valence-electron chi connectivity index (χ0n) is 37.4. The van der Waals surface area contributed by atoms with Gasteiger partial charge in [0.05, 0.1) is 41.0 Å². The van der Waals surface area contributed by atoms with Gasteiger partial charge in [0.1, 0.15) is 0 Å². The van der Waals surface area contributed by atoms with Gasteiger partial charge in [-0.15, -0.1) is 0 Å². The average Bonchev–Trinajstić information content (AvgIpc) is 3.37. The monoisotopic (exact) mass is 846 g/mol. The Labute approximate surface area is 387 Å². The highest BCUT2D eigenvalue weighted by Gasteiger charge is 2.38. The van der Waals surface area contributed by atoms with Crippen LogP contribution in [-0.4, -0.2) is 0 Å². The zero-order chi connectivity index (χ0) is 45.2. The lowest BCUT2D eigenvalue weighted by atomic mass is 9.73. The smallest absolute Gasteiger partial charge is 0.213 e. The highest BCUT2D eigenvalue weighted by atomic mass is 15.2. The van der Waals surface area contributed by atoms with Gasteiger partial charge in [-0.1, -0.05) is 185 Å². The van der Waals surface area contributed by atoms with E-state index >= 15 is 0 Å². The first-order valence-corrected chi connectivity index (χ1v) is 22.5. The molecule has 0 saturated heterocycles. The summed E-state index contributed by atoms with van der Waals surface area (Å²) in [5.74, 6) is 0. The number of rotatable bonds is 6. The Balaban J connectivity index is 1.16. The van der Waals surface area contributed by atoms with Crippen LogP contribution in [0.5, 0.6) is 0 Å². The fourth-order valence-corrected chi connectivity index (χ4v) is 10.8. The van der Waals surface area contributed by atoms with Gasteiger partial charge in [-0.2, -0.15) is 5.26 Å². The van der Waals surface area contributed by atoms with Crippen LogP contribution in [0.15, 0.2) is 206 Å². The number of para-hydroxylation sites is 4. The molecule has 2 aliphatic heterocycles. The summed E-state index contributed by atoms with van der Waals surface area (Å²) in [6.07, 6.45) is 0. The van der Waals surface area contributed by atoms with Crippen LogP contribution in [0.2, 0.25) is 0 Å². The van der Waals surface area contributed by atoms with Gasteiger partial charge in [-0.3, -0.25) is 0 Å². The highest BCUT2D eigenvalue weighted by molar-refractivity contribution is 6.10. The number of hydrogen-bond acceptors (Lipinski definition) is 3. The lowest BCUT2D eigenvalue weighted by molar-refractivity contribution is 0.632. The van der Waals surface area contributed by atoms with E-state index in [0.29, 0.717) is 11.3 Å². The molecule has 0 atom stereocenters. The van der Waals surface area contributed by atoms with Crippen molar-refractivity contribution in [1.82, 2.24) is 0 Å². The van der Waals surface area contributed by atoms with Crippen LogP contribution in [0.3, 0.4) is 0 Å². The molecule has 0 saturated carbocycles. The molecule has 0 fully saturated rings. The minimum absolute atomic E-state index is 0.178. The molecule has 0 bridgehead atoms. The summed E-state index contributed by atoms with van der Waals surface area (Å²) < 4.78 is 0. The lowest BCUT2D eigenvalue weighted by Gasteiger charge is -2.42. The average molecular weight is 847 g/mol. The summed E-state index contributed by atoms with van der Waals surface area (Å²) in [6.45, 7) is 18.0. The molecular formula is C62H46N4.